The van der Waals surface area contributed by atoms with Crippen molar-refractivity contribution in [1.29, 1.82) is 5.41 Å². The Kier molecular flexibility index (Phi) is 2.69. The molecule has 0 heterocycles. The van der Waals surface area contributed by atoms with Crippen LogP contribution in [0.3, 0.4) is 0 Å². The normalized spacial score (nSPS) is 9.23. The molecule has 1 aromatic rings. The fraction of sp³-hybridized carbons (Fsp3) is 0. The van der Waals surface area contributed by atoms with Gasteiger partial charge in [0.2, 0.25) is 5.90 Å². The van der Waals surface area contributed by atoms with Crippen molar-refractivity contribution in [2.75, 3.05) is 0 Å². The van der Waals surface area contributed by atoms with Crippen LogP contribution in [-0.4, -0.2) is 19.8 Å². The Balaban J connectivity index is 2.83. The molecule has 3 N–H and O–H groups in total. The van der Waals surface area contributed by atoms with Crippen molar-refractivity contribution < 1.29 is 9.53 Å². The van der Waals surface area contributed by atoms with Crippen molar-refractivity contribution in [3.63, 3.8) is 0 Å². The molecule has 0 aromatic heterocycles. The molecular formula is C8H9BN2O2. The second-order valence-corrected chi connectivity index (χ2v) is 2.62. The van der Waals surface area contributed by atoms with E-state index in [-0.39, 0.29) is 5.90 Å². The van der Waals surface area contributed by atoms with E-state index in [2.05, 4.69) is 4.74 Å². The van der Waals surface area contributed by atoms with Crippen LogP contribution in [0.4, 0.5) is 4.79 Å². The predicted octanol–water partition coefficient (Wildman–Crippen LogP) is -0.634. The quantitative estimate of drug-likeness (QED) is 0.339. The molecule has 1 amide bonds. The molecule has 0 radical (unpaired) electrons. The minimum Gasteiger partial charge on any atom is -0.391 e. The lowest BCUT2D eigenvalue weighted by Gasteiger charge is -2.02. The number of carbonyl (C=O) groups is 1. The van der Waals surface area contributed by atoms with Crippen molar-refractivity contribution in [2.24, 2.45) is 5.73 Å². The summed E-state index contributed by atoms with van der Waals surface area (Å²) >= 11 is 0. The zero-order valence-corrected chi connectivity index (χ0v) is 7.20. The Morgan fingerprint density at radius 3 is 2.77 bits per heavy atom. The lowest BCUT2D eigenvalue weighted by atomic mass is 9.94. The third-order valence-corrected chi connectivity index (χ3v) is 1.48. The first-order chi connectivity index (χ1) is 6.09. The summed E-state index contributed by atoms with van der Waals surface area (Å²) in [5.41, 5.74) is 6.30. The lowest BCUT2D eigenvalue weighted by Crippen LogP contribution is -2.19. The number of rotatable bonds is 1. The van der Waals surface area contributed by atoms with E-state index in [1.807, 2.05) is 13.9 Å². The highest BCUT2D eigenvalue weighted by Crippen LogP contribution is 1.98. The van der Waals surface area contributed by atoms with E-state index in [4.69, 9.17) is 11.1 Å². The fourth-order valence-electron chi connectivity index (χ4n) is 0.946. The van der Waals surface area contributed by atoms with Gasteiger partial charge in [0.25, 0.3) is 0 Å². The van der Waals surface area contributed by atoms with Gasteiger partial charge in [0, 0.05) is 5.56 Å². The maximum absolute atomic E-state index is 10.3. The Hall–Kier alpha value is -1.78. The van der Waals surface area contributed by atoms with Crippen LogP contribution in [0.5, 0.6) is 0 Å². The molecule has 0 unspecified atom stereocenters. The van der Waals surface area contributed by atoms with Crippen LogP contribution < -0.4 is 11.2 Å². The first kappa shape index (κ1) is 9.31. The average Bonchev–Trinajstić information content (AvgIpc) is 2.03. The van der Waals surface area contributed by atoms with Crippen molar-refractivity contribution in [1.82, 2.24) is 0 Å². The maximum Gasteiger partial charge on any atom is 0.411 e. The highest BCUT2D eigenvalue weighted by molar-refractivity contribution is 6.32. The first-order valence-electron chi connectivity index (χ1n) is 3.72. The Bertz CT molecular complexity index is 352. The second-order valence-electron chi connectivity index (χ2n) is 2.62. The zero-order valence-electron chi connectivity index (χ0n) is 7.20. The van der Waals surface area contributed by atoms with Crippen molar-refractivity contribution in [2.45, 2.75) is 0 Å². The summed E-state index contributed by atoms with van der Waals surface area (Å²) in [7, 11) is 1.89. The molecule has 0 aliphatic heterocycles. The van der Waals surface area contributed by atoms with Gasteiger partial charge in [-0.05, 0) is 6.07 Å². The summed E-state index contributed by atoms with van der Waals surface area (Å²) < 4.78 is 4.41. The van der Waals surface area contributed by atoms with Gasteiger partial charge in [-0.15, -0.1) is 0 Å². The summed E-state index contributed by atoms with van der Waals surface area (Å²) in [6.07, 6.45) is -0.966. The predicted molar refractivity (Wildman–Crippen MR) is 52.1 cm³/mol. The standard InChI is InChI=1S/C8H9BN2O2/c9-6-3-1-2-5(4-6)7(10)13-8(11)12/h1-4,10H,9H2,(H2,11,12). The number of carbonyl (C=O) groups excluding carboxylic acids is 1. The molecule has 1 aromatic carbocycles. The number of primary amides is 1. The Morgan fingerprint density at radius 1 is 1.54 bits per heavy atom. The van der Waals surface area contributed by atoms with E-state index >= 15 is 0 Å². The second kappa shape index (κ2) is 3.75. The molecule has 5 heteroatoms. The van der Waals surface area contributed by atoms with Gasteiger partial charge in [-0.2, -0.15) is 0 Å². The van der Waals surface area contributed by atoms with E-state index in [0.29, 0.717) is 5.56 Å². The number of hydrogen-bond acceptors (Lipinski definition) is 3. The van der Waals surface area contributed by atoms with Crippen LogP contribution >= 0.6 is 0 Å². The number of nitrogens with one attached hydrogen (secondary N) is 1. The molecule has 0 saturated heterocycles. The van der Waals surface area contributed by atoms with Crippen LogP contribution in [0.15, 0.2) is 24.3 Å². The molecule has 0 aliphatic carbocycles. The van der Waals surface area contributed by atoms with Crippen molar-refractivity contribution >= 4 is 25.3 Å². The van der Waals surface area contributed by atoms with Crippen LogP contribution in [0.25, 0.3) is 0 Å². The third kappa shape index (κ3) is 2.63. The van der Waals surface area contributed by atoms with E-state index in [1.165, 1.54) is 0 Å². The van der Waals surface area contributed by atoms with Gasteiger partial charge in [0.1, 0.15) is 7.85 Å². The monoisotopic (exact) mass is 176 g/mol. The topological polar surface area (TPSA) is 76.2 Å². The molecule has 0 bridgehead atoms. The van der Waals surface area contributed by atoms with Gasteiger partial charge in [-0.1, -0.05) is 23.7 Å². The molecule has 0 atom stereocenters. The van der Waals surface area contributed by atoms with E-state index < -0.39 is 6.09 Å². The van der Waals surface area contributed by atoms with Gasteiger partial charge in [-0.3, -0.25) is 5.41 Å². The number of amides is 1. The molecule has 0 fully saturated rings. The zero-order chi connectivity index (χ0) is 9.84. The molecule has 0 saturated carbocycles. The van der Waals surface area contributed by atoms with Gasteiger partial charge < -0.3 is 10.5 Å². The van der Waals surface area contributed by atoms with Crippen LogP contribution in [0, 0.1) is 5.41 Å². The molecule has 1 rings (SSSR count). The third-order valence-electron chi connectivity index (χ3n) is 1.48. The Morgan fingerprint density at radius 2 is 2.23 bits per heavy atom. The highest BCUT2D eigenvalue weighted by Gasteiger charge is 2.04. The van der Waals surface area contributed by atoms with Gasteiger partial charge >= 0.3 is 6.09 Å². The maximum atomic E-state index is 10.3. The van der Waals surface area contributed by atoms with Gasteiger partial charge in [0.15, 0.2) is 0 Å². The summed E-state index contributed by atoms with van der Waals surface area (Å²) in [6.45, 7) is 0. The fourth-order valence-corrected chi connectivity index (χ4v) is 0.946. The van der Waals surface area contributed by atoms with E-state index in [1.54, 1.807) is 18.2 Å². The van der Waals surface area contributed by atoms with Crippen molar-refractivity contribution in [3.05, 3.63) is 29.8 Å². The van der Waals surface area contributed by atoms with Crippen molar-refractivity contribution in [3.8, 4) is 0 Å². The highest BCUT2D eigenvalue weighted by atomic mass is 16.6. The molecular weight excluding hydrogens is 167 g/mol. The van der Waals surface area contributed by atoms with Crippen LogP contribution in [-0.2, 0) is 4.74 Å². The molecule has 0 spiro atoms. The Labute approximate surface area is 76.6 Å². The molecule has 0 aliphatic rings. The van der Waals surface area contributed by atoms with Gasteiger partial charge in [0.05, 0.1) is 0 Å². The molecule has 4 nitrogen and oxygen atoms in total. The number of benzene rings is 1. The van der Waals surface area contributed by atoms with E-state index in [9.17, 15) is 4.79 Å². The molecule has 66 valence electrons. The number of nitrogens with two attached hydrogens (primary N) is 1. The number of hydrogen-bond donors (Lipinski definition) is 2. The summed E-state index contributed by atoms with van der Waals surface area (Å²) in [5, 5.41) is 7.33. The van der Waals surface area contributed by atoms with Crippen LogP contribution in [0.1, 0.15) is 5.56 Å². The van der Waals surface area contributed by atoms with Crippen LogP contribution in [0.2, 0.25) is 0 Å². The smallest absolute Gasteiger partial charge is 0.391 e. The summed E-state index contributed by atoms with van der Waals surface area (Å²) in [6, 6.07) is 7.09. The number of ether oxygens (including phenoxy) is 1. The van der Waals surface area contributed by atoms with Gasteiger partial charge in [-0.25, -0.2) is 4.79 Å². The average molecular weight is 176 g/mol. The SMILES string of the molecule is Bc1cccc(C(=N)OC(N)=O)c1. The summed E-state index contributed by atoms with van der Waals surface area (Å²) in [5.74, 6) is -0.226. The van der Waals surface area contributed by atoms with E-state index in [0.717, 1.165) is 5.46 Å². The largest absolute Gasteiger partial charge is 0.411 e. The minimum absolute atomic E-state index is 0.226. The lowest BCUT2D eigenvalue weighted by molar-refractivity contribution is 0.208. The first-order valence-corrected chi connectivity index (χ1v) is 3.72. The molecule has 13 heavy (non-hydrogen) atoms. The summed E-state index contributed by atoms with van der Waals surface area (Å²) in [4.78, 5) is 10.3. The minimum atomic E-state index is -0.966.